The standard InChI is InChI=1S/C50H48B2N4O4/c1-47(2)48(3,4)58-51(57-47)34-28-42-45(32-20-14-10-15-21-32)38-26-24-36(53-38)44(31-18-12-9-13-19-31)37-25-27-39(54-37)46(33-22-16-11-17-23-33)43-29-35(41(56-43)30-40(34)55-42)52-59-49(5,6)50(7,8)60-52/h9-30,53,56H,1-8H3. The van der Waals surface area contributed by atoms with Gasteiger partial charge in [0.1, 0.15) is 0 Å². The van der Waals surface area contributed by atoms with Crippen LogP contribution >= 0.6 is 0 Å². The van der Waals surface area contributed by atoms with Gasteiger partial charge in [-0.1, -0.05) is 91.0 Å². The quantitative estimate of drug-likeness (QED) is 0.169. The van der Waals surface area contributed by atoms with Gasteiger partial charge in [-0.3, -0.25) is 0 Å². The largest absolute Gasteiger partial charge is 0.497 e. The second-order valence-corrected chi connectivity index (χ2v) is 18.1. The summed E-state index contributed by atoms with van der Waals surface area (Å²) in [6, 6.07) is 39.8. The van der Waals surface area contributed by atoms with Crippen LogP contribution in [0.5, 0.6) is 0 Å². The second-order valence-electron chi connectivity index (χ2n) is 18.1. The van der Waals surface area contributed by atoms with Crippen LogP contribution in [-0.2, 0) is 18.6 Å². The summed E-state index contributed by atoms with van der Waals surface area (Å²) < 4.78 is 27.1. The molecule has 0 unspecified atom stereocenters. The molecule has 10 rings (SSSR count). The third-order valence-electron chi connectivity index (χ3n) is 13.1. The van der Waals surface area contributed by atoms with Gasteiger partial charge in [0, 0.05) is 49.7 Å². The van der Waals surface area contributed by atoms with Gasteiger partial charge >= 0.3 is 14.2 Å². The Kier molecular flexibility index (Phi) is 8.90. The van der Waals surface area contributed by atoms with Crippen LogP contribution < -0.4 is 5.46 Å². The van der Waals surface area contributed by atoms with Gasteiger partial charge in [0.15, 0.2) is 0 Å². The van der Waals surface area contributed by atoms with Crippen molar-refractivity contribution in [3.05, 3.63) is 138 Å². The fourth-order valence-electron chi connectivity index (χ4n) is 8.36. The summed E-state index contributed by atoms with van der Waals surface area (Å²) in [5.41, 5.74) is 12.2. The molecule has 0 saturated carbocycles. The summed E-state index contributed by atoms with van der Waals surface area (Å²) in [4.78, 5) is 18.6. The fourth-order valence-corrected chi connectivity index (χ4v) is 8.36. The van der Waals surface area contributed by atoms with E-state index < -0.39 is 36.6 Å². The Hall–Kier alpha value is -5.77. The highest BCUT2D eigenvalue weighted by molar-refractivity contribution is 6.71. The van der Waals surface area contributed by atoms with Crippen LogP contribution in [0.2, 0.25) is 0 Å². The van der Waals surface area contributed by atoms with Crippen LogP contribution in [0.15, 0.2) is 115 Å². The Bertz CT molecular complexity index is 2860. The number of nitrogens with one attached hydrogen (secondary N) is 2. The van der Waals surface area contributed by atoms with Crippen molar-refractivity contribution in [3.63, 3.8) is 0 Å². The number of aromatic nitrogens is 4. The van der Waals surface area contributed by atoms with E-state index >= 15 is 0 Å². The third-order valence-corrected chi connectivity index (χ3v) is 13.1. The van der Waals surface area contributed by atoms with Crippen molar-refractivity contribution < 1.29 is 18.6 Å². The van der Waals surface area contributed by atoms with Crippen LogP contribution in [0.4, 0.5) is 0 Å². The number of hydrogen-bond donors (Lipinski definition) is 2. The van der Waals surface area contributed by atoms with Gasteiger partial charge in [0.05, 0.1) is 45.2 Å². The molecule has 0 aliphatic carbocycles. The normalized spacial score (nSPS) is 18.6. The Morgan fingerprint density at radius 1 is 0.433 bits per heavy atom. The molecule has 60 heavy (non-hydrogen) atoms. The summed E-state index contributed by atoms with van der Waals surface area (Å²) >= 11 is 0. The Balaban J connectivity index is 1.37. The number of fused-ring (bicyclic) bond motifs is 8. The minimum absolute atomic E-state index is 0.562. The topological polar surface area (TPSA) is 94.3 Å². The predicted octanol–water partition coefficient (Wildman–Crippen LogP) is 11.0. The maximum atomic E-state index is 6.78. The van der Waals surface area contributed by atoms with Gasteiger partial charge in [0.2, 0.25) is 0 Å². The molecule has 8 bridgehead atoms. The van der Waals surface area contributed by atoms with Gasteiger partial charge in [-0.2, -0.15) is 0 Å². The van der Waals surface area contributed by atoms with Gasteiger partial charge in [0.25, 0.3) is 0 Å². The van der Waals surface area contributed by atoms with E-state index in [0.717, 1.165) is 83.5 Å². The smallest absolute Gasteiger partial charge is 0.399 e. The van der Waals surface area contributed by atoms with Crippen LogP contribution in [0.1, 0.15) is 78.2 Å². The van der Waals surface area contributed by atoms with E-state index in [2.05, 4.69) is 181 Å². The lowest BCUT2D eigenvalue weighted by Gasteiger charge is -2.32. The number of hydrogen-bond acceptors (Lipinski definition) is 6. The van der Waals surface area contributed by atoms with Crippen LogP contribution in [0.25, 0.3) is 79.1 Å². The van der Waals surface area contributed by atoms with Gasteiger partial charge in [-0.15, -0.1) is 0 Å². The van der Waals surface area contributed by atoms with E-state index in [4.69, 9.17) is 28.6 Å². The molecule has 0 amide bonds. The zero-order valence-electron chi connectivity index (χ0n) is 35.4. The number of benzene rings is 3. The lowest BCUT2D eigenvalue weighted by atomic mass is 9.75. The Morgan fingerprint density at radius 2 is 0.850 bits per heavy atom. The molecular formula is C50H48B2N4O4. The van der Waals surface area contributed by atoms with Crippen LogP contribution in [-0.4, -0.2) is 56.6 Å². The maximum absolute atomic E-state index is 6.78. The Labute approximate surface area is 352 Å². The molecular weight excluding hydrogens is 742 g/mol. The highest BCUT2D eigenvalue weighted by atomic mass is 16.7. The van der Waals surface area contributed by atoms with Gasteiger partial charge in [-0.05, 0) is 115 Å². The van der Waals surface area contributed by atoms with Crippen LogP contribution in [0.3, 0.4) is 0 Å². The van der Waals surface area contributed by atoms with E-state index in [-0.39, 0.29) is 0 Å². The van der Waals surface area contributed by atoms with Gasteiger partial charge < -0.3 is 28.6 Å². The van der Waals surface area contributed by atoms with Crippen molar-refractivity contribution in [2.75, 3.05) is 0 Å². The Morgan fingerprint density at radius 3 is 1.33 bits per heavy atom. The summed E-state index contributed by atoms with van der Waals surface area (Å²) in [5.74, 6) is 0. The second kappa shape index (κ2) is 13.9. The maximum Gasteiger partial charge on any atom is 0.497 e. The summed E-state index contributed by atoms with van der Waals surface area (Å²) in [6.07, 6.45) is 6.36. The summed E-state index contributed by atoms with van der Waals surface area (Å²) in [7, 11) is -1.34. The molecule has 6 aromatic rings. The first-order chi connectivity index (χ1) is 28.7. The van der Waals surface area contributed by atoms with E-state index in [1.54, 1.807) is 0 Å². The monoisotopic (exact) mass is 790 g/mol. The molecule has 0 radical (unpaired) electrons. The average molecular weight is 791 g/mol. The van der Waals surface area contributed by atoms with Crippen molar-refractivity contribution >= 4 is 65.5 Å². The third kappa shape index (κ3) is 6.41. The predicted molar refractivity (Wildman–Crippen MR) is 246 cm³/mol. The molecule has 10 heteroatoms. The van der Waals surface area contributed by atoms with Crippen molar-refractivity contribution in [3.8, 4) is 33.4 Å². The number of H-pyrrole nitrogens is 2. The molecule has 7 heterocycles. The minimum Gasteiger partial charge on any atom is -0.399 e. The summed E-state index contributed by atoms with van der Waals surface area (Å²) in [6.45, 7) is 16.6. The van der Waals surface area contributed by atoms with E-state index in [0.29, 0.717) is 5.69 Å². The van der Waals surface area contributed by atoms with Gasteiger partial charge in [-0.25, -0.2) is 9.97 Å². The zero-order chi connectivity index (χ0) is 41.6. The van der Waals surface area contributed by atoms with E-state index in [1.807, 2.05) is 18.2 Å². The molecule has 2 saturated heterocycles. The molecule has 0 spiro atoms. The fraction of sp³-hybridized carbons (Fsp3) is 0.240. The molecule has 8 nitrogen and oxygen atoms in total. The molecule has 4 aliphatic heterocycles. The van der Waals surface area contributed by atoms with Crippen molar-refractivity contribution in [1.82, 2.24) is 19.9 Å². The lowest BCUT2D eigenvalue weighted by Crippen LogP contribution is -2.41. The molecule has 3 aromatic heterocycles. The molecule has 4 aliphatic rings. The van der Waals surface area contributed by atoms with Crippen molar-refractivity contribution in [2.45, 2.75) is 77.8 Å². The minimum atomic E-state index is -0.674. The first-order valence-electron chi connectivity index (χ1n) is 20.8. The van der Waals surface area contributed by atoms with Crippen molar-refractivity contribution in [1.29, 1.82) is 0 Å². The molecule has 2 N–H and O–H groups in total. The van der Waals surface area contributed by atoms with Crippen molar-refractivity contribution in [2.24, 2.45) is 0 Å². The molecule has 298 valence electrons. The highest BCUT2D eigenvalue weighted by Gasteiger charge is 2.54. The first kappa shape index (κ1) is 38.4. The molecule has 2 fully saturated rings. The van der Waals surface area contributed by atoms with E-state index in [9.17, 15) is 0 Å². The lowest BCUT2D eigenvalue weighted by molar-refractivity contribution is 0.00578. The number of aromatic amines is 2. The average Bonchev–Trinajstić information content (AvgIpc) is 4.07. The molecule has 0 atom stereocenters. The first-order valence-corrected chi connectivity index (χ1v) is 20.8. The molecule has 3 aromatic carbocycles. The number of nitrogens with zero attached hydrogens (tertiary/aromatic N) is 2. The van der Waals surface area contributed by atoms with E-state index in [1.165, 1.54) is 0 Å². The highest BCUT2D eigenvalue weighted by Crippen LogP contribution is 2.44. The number of rotatable bonds is 5. The van der Waals surface area contributed by atoms with Crippen LogP contribution in [0, 0.1) is 0 Å². The SMILES string of the molecule is CC1(C)OB(C2=Cc3nc2cc2[nH]c(cc2B2OC(C)(C)C(C)(C)O2)c(-c2ccccc2)c2nc(c(-c4ccccc4)c4ccc([nH]4)c3-c3ccccc3)C=C2)OC1(C)C. The summed E-state index contributed by atoms with van der Waals surface area (Å²) in [5, 5.41) is 0. The zero-order valence-corrected chi connectivity index (χ0v) is 35.4.